The van der Waals surface area contributed by atoms with E-state index < -0.39 is 0 Å². The van der Waals surface area contributed by atoms with Crippen molar-refractivity contribution in [3.05, 3.63) is 35.9 Å². The number of aliphatic hydroxyl groups excluding tert-OH is 1. The van der Waals surface area contributed by atoms with Crippen LogP contribution in [0.4, 0.5) is 11.8 Å². The van der Waals surface area contributed by atoms with Crippen LogP contribution >= 0.6 is 23.4 Å². The molecular formula is C15H15ClN6OS. The number of β-amino-alcohol motifs (C(OH)–C–C–N with tert-alkyl or cyclic N) is 1. The highest BCUT2D eigenvalue weighted by Gasteiger charge is 2.24. The lowest BCUT2D eigenvalue weighted by Crippen LogP contribution is -2.24. The van der Waals surface area contributed by atoms with Crippen LogP contribution in [0.25, 0.3) is 5.65 Å². The van der Waals surface area contributed by atoms with Gasteiger partial charge in [0.25, 0.3) is 0 Å². The molecule has 1 atom stereocenters. The molecule has 4 heterocycles. The SMILES string of the molecule is Nc1nccc(Sc2cnc(N3CC[C@H](O)C3)n3ccnc23)c1Cl. The van der Waals surface area contributed by atoms with Crippen LogP contribution in [0.1, 0.15) is 6.42 Å². The molecule has 1 aliphatic heterocycles. The van der Waals surface area contributed by atoms with Crippen LogP contribution in [0, 0.1) is 0 Å². The topological polar surface area (TPSA) is 92.6 Å². The van der Waals surface area contributed by atoms with E-state index in [1.807, 2.05) is 16.7 Å². The van der Waals surface area contributed by atoms with Gasteiger partial charge in [-0.3, -0.25) is 4.40 Å². The van der Waals surface area contributed by atoms with E-state index in [0.717, 1.165) is 34.4 Å². The molecule has 1 aliphatic rings. The predicted molar refractivity (Wildman–Crippen MR) is 93.6 cm³/mol. The molecule has 0 radical (unpaired) electrons. The zero-order valence-electron chi connectivity index (χ0n) is 12.6. The van der Waals surface area contributed by atoms with Crippen LogP contribution in [-0.2, 0) is 0 Å². The van der Waals surface area contributed by atoms with Gasteiger partial charge in [0, 0.05) is 42.8 Å². The smallest absolute Gasteiger partial charge is 0.211 e. The van der Waals surface area contributed by atoms with Gasteiger partial charge >= 0.3 is 0 Å². The summed E-state index contributed by atoms with van der Waals surface area (Å²) in [6, 6.07) is 1.81. The Morgan fingerprint density at radius 2 is 2.12 bits per heavy atom. The number of pyridine rings is 1. The zero-order valence-corrected chi connectivity index (χ0v) is 14.2. The number of hydrogen-bond acceptors (Lipinski definition) is 7. The first-order valence-corrected chi connectivity index (χ1v) is 8.66. The van der Waals surface area contributed by atoms with E-state index in [1.54, 1.807) is 18.6 Å². The Morgan fingerprint density at radius 1 is 1.25 bits per heavy atom. The first-order chi connectivity index (χ1) is 11.6. The fourth-order valence-corrected chi connectivity index (χ4v) is 3.89. The zero-order chi connectivity index (χ0) is 16.7. The molecule has 0 aromatic carbocycles. The summed E-state index contributed by atoms with van der Waals surface area (Å²) >= 11 is 7.68. The molecule has 1 fully saturated rings. The normalized spacial score (nSPS) is 17.8. The number of nitrogens with two attached hydrogens (primary N) is 1. The number of fused-ring (bicyclic) bond motifs is 1. The van der Waals surface area contributed by atoms with Crippen LogP contribution in [0.2, 0.25) is 5.02 Å². The molecule has 124 valence electrons. The lowest BCUT2D eigenvalue weighted by molar-refractivity contribution is 0.198. The van der Waals surface area contributed by atoms with Crippen molar-refractivity contribution in [1.82, 2.24) is 19.4 Å². The van der Waals surface area contributed by atoms with Crippen LogP contribution in [0.15, 0.2) is 40.6 Å². The second-order valence-corrected chi connectivity index (χ2v) is 7.00. The van der Waals surface area contributed by atoms with E-state index in [0.29, 0.717) is 17.4 Å². The van der Waals surface area contributed by atoms with E-state index >= 15 is 0 Å². The molecule has 0 unspecified atom stereocenters. The van der Waals surface area contributed by atoms with E-state index in [1.165, 1.54) is 11.8 Å². The summed E-state index contributed by atoms with van der Waals surface area (Å²) in [5.41, 5.74) is 6.55. The monoisotopic (exact) mass is 362 g/mol. The maximum atomic E-state index is 9.76. The van der Waals surface area contributed by atoms with E-state index in [-0.39, 0.29) is 6.10 Å². The molecule has 9 heteroatoms. The molecular weight excluding hydrogens is 348 g/mol. The number of aromatic nitrogens is 4. The summed E-state index contributed by atoms with van der Waals surface area (Å²) in [4.78, 5) is 16.7. The molecule has 3 aromatic heterocycles. The second-order valence-electron chi connectivity index (χ2n) is 5.54. The van der Waals surface area contributed by atoms with Gasteiger partial charge in [-0.05, 0) is 12.5 Å². The summed E-state index contributed by atoms with van der Waals surface area (Å²) < 4.78 is 1.93. The summed E-state index contributed by atoms with van der Waals surface area (Å²) in [5, 5.41) is 10.2. The van der Waals surface area contributed by atoms with Gasteiger partial charge in [0.2, 0.25) is 5.95 Å². The minimum atomic E-state index is -0.307. The van der Waals surface area contributed by atoms with Crippen molar-refractivity contribution in [3.63, 3.8) is 0 Å². The molecule has 0 amide bonds. The number of nitrogens with zero attached hydrogens (tertiary/aromatic N) is 5. The van der Waals surface area contributed by atoms with Gasteiger partial charge in [-0.2, -0.15) is 0 Å². The Morgan fingerprint density at radius 3 is 2.92 bits per heavy atom. The fourth-order valence-electron chi connectivity index (χ4n) is 2.75. The van der Waals surface area contributed by atoms with Gasteiger partial charge in [0.1, 0.15) is 5.82 Å². The Bertz CT molecular complexity index is 901. The summed E-state index contributed by atoms with van der Waals surface area (Å²) in [5.74, 6) is 1.08. The fraction of sp³-hybridized carbons (Fsp3) is 0.267. The van der Waals surface area contributed by atoms with Crippen molar-refractivity contribution >= 4 is 40.8 Å². The molecule has 1 saturated heterocycles. The second kappa shape index (κ2) is 6.12. The van der Waals surface area contributed by atoms with Gasteiger partial charge in [0.05, 0.1) is 16.0 Å². The van der Waals surface area contributed by atoms with Crippen LogP contribution < -0.4 is 10.6 Å². The molecule has 0 spiro atoms. The Kier molecular flexibility index (Phi) is 3.95. The highest BCUT2D eigenvalue weighted by atomic mass is 35.5. The number of halogens is 1. The average molecular weight is 363 g/mol. The standard InChI is InChI=1S/C15H15ClN6OS/c16-12-10(1-3-18-13(12)17)24-11-7-20-15(21-5-2-9(23)8-21)22-6-4-19-14(11)22/h1,3-4,6-7,9,23H,2,5,8H2,(H2,17,18)/t9-/m0/s1. The summed E-state index contributed by atoms with van der Waals surface area (Å²) in [7, 11) is 0. The van der Waals surface area contributed by atoms with Crippen molar-refractivity contribution in [2.75, 3.05) is 23.7 Å². The third-order valence-corrected chi connectivity index (χ3v) is 5.50. The molecule has 3 N–H and O–H groups in total. The molecule has 24 heavy (non-hydrogen) atoms. The van der Waals surface area contributed by atoms with Crippen molar-refractivity contribution in [2.45, 2.75) is 22.3 Å². The van der Waals surface area contributed by atoms with Crippen molar-refractivity contribution < 1.29 is 5.11 Å². The van der Waals surface area contributed by atoms with Crippen LogP contribution in [0.5, 0.6) is 0 Å². The largest absolute Gasteiger partial charge is 0.391 e. The molecule has 3 aromatic rings. The van der Waals surface area contributed by atoms with Gasteiger partial charge < -0.3 is 15.7 Å². The number of imidazole rings is 1. The number of anilines is 2. The third-order valence-electron chi connectivity index (χ3n) is 3.92. The van der Waals surface area contributed by atoms with Gasteiger partial charge in [-0.25, -0.2) is 15.0 Å². The maximum Gasteiger partial charge on any atom is 0.211 e. The first-order valence-electron chi connectivity index (χ1n) is 7.46. The molecule has 4 rings (SSSR count). The van der Waals surface area contributed by atoms with Gasteiger partial charge in [0.15, 0.2) is 5.65 Å². The van der Waals surface area contributed by atoms with Gasteiger partial charge in [-0.15, -0.1) is 0 Å². The molecule has 0 saturated carbocycles. The number of hydrogen-bond donors (Lipinski definition) is 2. The Labute approximate surface area is 147 Å². The minimum absolute atomic E-state index is 0.302. The van der Waals surface area contributed by atoms with Crippen LogP contribution in [-0.4, -0.2) is 43.7 Å². The highest BCUT2D eigenvalue weighted by Crippen LogP contribution is 2.37. The van der Waals surface area contributed by atoms with E-state index in [2.05, 4.69) is 19.9 Å². The van der Waals surface area contributed by atoms with Crippen molar-refractivity contribution in [1.29, 1.82) is 0 Å². The van der Waals surface area contributed by atoms with Crippen molar-refractivity contribution in [3.8, 4) is 0 Å². The Balaban J connectivity index is 1.73. The maximum absolute atomic E-state index is 9.76. The quantitative estimate of drug-likeness (QED) is 0.736. The Hall–Kier alpha value is -2.03. The number of nitrogen functional groups attached to an aromatic ring is 1. The summed E-state index contributed by atoms with van der Waals surface area (Å²) in [6.07, 6.45) is 7.45. The van der Waals surface area contributed by atoms with Crippen LogP contribution in [0.3, 0.4) is 0 Å². The highest BCUT2D eigenvalue weighted by molar-refractivity contribution is 7.99. The lowest BCUT2D eigenvalue weighted by Gasteiger charge is -2.18. The molecule has 0 bridgehead atoms. The van der Waals surface area contributed by atoms with E-state index in [4.69, 9.17) is 17.3 Å². The lowest BCUT2D eigenvalue weighted by atomic mass is 10.3. The average Bonchev–Trinajstić information content (AvgIpc) is 3.21. The third kappa shape index (κ3) is 2.66. The summed E-state index contributed by atoms with van der Waals surface area (Å²) in [6.45, 7) is 1.36. The first kappa shape index (κ1) is 15.5. The molecule has 7 nitrogen and oxygen atoms in total. The number of aliphatic hydroxyl groups is 1. The predicted octanol–water partition coefficient (Wildman–Crippen LogP) is 2.08. The van der Waals surface area contributed by atoms with Gasteiger partial charge in [-0.1, -0.05) is 23.4 Å². The molecule has 0 aliphatic carbocycles. The number of rotatable bonds is 3. The van der Waals surface area contributed by atoms with E-state index in [9.17, 15) is 5.11 Å². The minimum Gasteiger partial charge on any atom is -0.391 e. The van der Waals surface area contributed by atoms with Crippen molar-refractivity contribution in [2.24, 2.45) is 0 Å².